The zero-order valence-corrected chi connectivity index (χ0v) is 15.7. The molecule has 2 fully saturated rings. The number of carbonyl (C=O) groups is 1. The molecule has 1 saturated carbocycles. The van der Waals surface area contributed by atoms with Crippen LogP contribution >= 0.6 is 0 Å². The highest BCUT2D eigenvalue weighted by atomic mass is 32.2. The summed E-state index contributed by atoms with van der Waals surface area (Å²) in [6.07, 6.45) is 4.05. The third kappa shape index (κ3) is 4.07. The van der Waals surface area contributed by atoms with Gasteiger partial charge in [-0.25, -0.2) is 12.8 Å². The topological polar surface area (TPSA) is 75.7 Å². The number of rotatable bonds is 4. The van der Waals surface area contributed by atoms with E-state index in [1.54, 1.807) is 0 Å². The Kier molecular flexibility index (Phi) is 5.94. The van der Waals surface area contributed by atoms with Gasteiger partial charge in [0.2, 0.25) is 10.0 Å². The molecule has 1 aromatic rings. The minimum Gasteiger partial charge on any atom is -0.379 e. The third-order valence-corrected chi connectivity index (χ3v) is 7.11. The van der Waals surface area contributed by atoms with Crippen LogP contribution in [0, 0.1) is 11.7 Å². The number of benzene rings is 1. The quantitative estimate of drug-likeness (QED) is 0.863. The van der Waals surface area contributed by atoms with Crippen molar-refractivity contribution in [3.05, 3.63) is 29.6 Å². The monoisotopic (exact) mass is 384 g/mol. The maximum Gasteiger partial charge on any atom is 0.254 e. The van der Waals surface area contributed by atoms with Crippen molar-refractivity contribution in [2.45, 2.75) is 43.5 Å². The number of nitrogens with zero attached hydrogens (tertiary/aromatic N) is 1. The molecule has 144 valence electrons. The molecule has 1 heterocycles. The molecule has 1 saturated heterocycles. The Labute approximate surface area is 153 Å². The van der Waals surface area contributed by atoms with Crippen molar-refractivity contribution in [2.75, 3.05) is 26.3 Å². The van der Waals surface area contributed by atoms with Crippen molar-refractivity contribution in [1.82, 2.24) is 9.62 Å². The molecule has 3 rings (SSSR count). The SMILES string of the molecule is C[C@H]1CCCC[C@@H]1NC(=O)c1cc(S(=O)(=O)N2CCOCC2)ccc1F. The fourth-order valence-corrected chi connectivity index (χ4v) is 4.99. The zero-order chi connectivity index (χ0) is 18.7. The van der Waals surface area contributed by atoms with Gasteiger partial charge in [-0.05, 0) is 37.0 Å². The summed E-state index contributed by atoms with van der Waals surface area (Å²) in [5.74, 6) is -0.941. The van der Waals surface area contributed by atoms with E-state index in [0.29, 0.717) is 19.1 Å². The molecule has 2 aliphatic rings. The molecule has 0 radical (unpaired) electrons. The van der Waals surface area contributed by atoms with Gasteiger partial charge in [-0.15, -0.1) is 0 Å². The Morgan fingerprint density at radius 3 is 2.62 bits per heavy atom. The fraction of sp³-hybridized carbons (Fsp3) is 0.611. The third-order valence-electron chi connectivity index (χ3n) is 5.22. The molecule has 1 aliphatic heterocycles. The molecule has 1 aromatic carbocycles. The lowest BCUT2D eigenvalue weighted by atomic mass is 9.86. The molecule has 1 amide bonds. The van der Waals surface area contributed by atoms with E-state index >= 15 is 0 Å². The predicted molar refractivity (Wildman–Crippen MR) is 94.9 cm³/mol. The molecule has 0 bridgehead atoms. The number of hydrogen-bond acceptors (Lipinski definition) is 4. The van der Waals surface area contributed by atoms with E-state index in [9.17, 15) is 17.6 Å². The first-order valence-corrected chi connectivity index (χ1v) is 10.5. The van der Waals surface area contributed by atoms with Crippen molar-refractivity contribution in [2.24, 2.45) is 5.92 Å². The van der Waals surface area contributed by atoms with Crippen LogP contribution in [0.3, 0.4) is 0 Å². The minimum absolute atomic E-state index is 0.00448. The van der Waals surface area contributed by atoms with Gasteiger partial charge in [0, 0.05) is 19.1 Å². The summed E-state index contributed by atoms with van der Waals surface area (Å²) >= 11 is 0. The summed E-state index contributed by atoms with van der Waals surface area (Å²) in [5.41, 5.74) is -0.225. The van der Waals surface area contributed by atoms with Gasteiger partial charge in [0.15, 0.2) is 0 Å². The normalized spacial score (nSPS) is 25.0. The van der Waals surface area contributed by atoms with Gasteiger partial charge in [0.1, 0.15) is 5.82 Å². The summed E-state index contributed by atoms with van der Waals surface area (Å²) in [6, 6.07) is 3.39. The number of halogens is 1. The number of ether oxygens (including phenoxy) is 1. The van der Waals surface area contributed by atoms with Gasteiger partial charge in [0.05, 0.1) is 23.7 Å². The van der Waals surface area contributed by atoms with Crippen LogP contribution in [-0.4, -0.2) is 51.0 Å². The molecular formula is C18H25FN2O4S. The standard InChI is InChI=1S/C18H25FN2O4S/c1-13-4-2-3-5-17(13)20-18(22)15-12-14(6-7-16(15)19)26(23,24)21-8-10-25-11-9-21/h6-7,12-13,17H,2-5,8-11H2,1H3,(H,20,22)/t13-,17-/m0/s1. The van der Waals surface area contributed by atoms with E-state index in [0.717, 1.165) is 37.8 Å². The van der Waals surface area contributed by atoms with Crippen molar-refractivity contribution in [1.29, 1.82) is 0 Å². The Hall–Kier alpha value is -1.51. The van der Waals surface area contributed by atoms with Crippen molar-refractivity contribution in [3.63, 3.8) is 0 Å². The molecule has 1 aliphatic carbocycles. The maximum absolute atomic E-state index is 14.2. The summed E-state index contributed by atoms with van der Waals surface area (Å²) in [5, 5.41) is 2.88. The molecule has 0 aromatic heterocycles. The van der Waals surface area contributed by atoms with Gasteiger partial charge in [-0.2, -0.15) is 4.31 Å². The van der Waals surface area contributed by atoms with Crippen LogP contribution in [0.1, 0.15) is 43.0 Å². The lowest BCUT2D eigenvalue weighted by Gasteiger charge is -2.29. The second kappa shape index (κ2) is 8.02. The first kappa shape index (κ1) is 19.3. The van der Waals surface area contributed by atoms with Crippen LogP contribution in [0.25, 0.3) is 0 Å². The highest BCUT2D eigenvalue weighted by Crippen LogP contribution is 2.25. The lowest BCUT2D eigenvalue weighted by molar-refractivity contribution is 0.0730. The summed E-state index contributed by atoms with van der Waals surface area (Å²) in [6.45, 7) is 3.22. The number of hydrogen-bond donors (Lipinski definition) is 1. The smallest absolute Gasteiger partial charge is 0.254 e. The van der Waals surface area contributed by atoms with Gasteiger partial charge in [-0.3, -0.25) is 4.79 Å². The van der Waals surface area contributed by atoms with Crippen LogP contribution < -0.4 is 5.32 Å². The Morgan fingerprint density at radius 1 is 1.23 bits per heavy atom. The fourth-order valence-electron chi connectivity index (χ4n) is 3.55. The van der Waals surface area contributed by atoms with E-state index in [2.05, 4.69) is 12.2 Å². The summed E-state index contributed by atoms with van der Waals surface area (Å²) in [4.78, 5) is 12.5. The molecule has 8 heteroatoms. The Bertz CT molecular complexity index is 762. The zero-order valence-electron chi connectivity index (χ0n) is 14.9. The van der Waals surface area contributed by atoms with Gasteiger partial charge in [-0.1, -0.05) is 19.8 Å². The minimum atomic E-state index is -3.77. The average Bonchev–Trinajstić information content (AvgIpc) is 2.64. The van der Waals surface area contributed by atoms with Crippen LogP contribution in [0.4, 0.5) is 4.39 Å². The lowest BCUT2D eigenvalue weighted by Crippen LogP contribution is -2.42. The summed E-state index contributed by atoms with van der Waals surface area (Å²) in [7, 11) is -3.77. The van der Waals surface area contributed by atoms with E-state index < -0.39 is 21.7 Å². The first-order valence-electron chi connectivity index (χ1n) is 9.08. The van der Waals surface area contributed by atoms with E-state index in [1.165, 1.54) is 10.4 Å². The van der Waals surface area contributed by atoms with Crippen molar-refractivity contribution in [3.8, 4) is 0 Å². The van der Waals surface area contributed by atoms with Gasteiger partial charge in [0.25, 0.3) is 5.91 Å². The average molecular weight is 384 g/mol. The predicted octanol–water partition coefficient (Wildman–Crippen LogP) is 2.16. The Balaban J connectivity index is 1.81. The van der Waals surface area contributed by atoms with E-state index in [1.807, 2.05) is 0 Å². The second-order valence-electron chi connectivity index (χ2n) is 7.00. The number of nitrogens with one attached hydrogen (secondary N) is 1. The summed E-state index contributed by atoms with van der Waals surface area (Å²) < 4.78 is 46.2. The second-order valence-corrected chi connectivity index (χ2v) is 8.94. The van der Waals surface area contributed by atoms with Crippen molar-refractivity contribution < 1.29 is 22.3 Å². The molecule has 1 N–H and O–H groups in total. The van der Waals surface area contributed by atoms with Crippen LogP contribution in [0.15, 0.2) is 23.1 Å². The molecule has 6 nitrogen and oxygen atoms in total. The first-order chi connectivity index (χ1) is 12.4. The van der Waals surface area contributed by atoms with Gasteiger partial charge < -0.3 is 10.1 Å². The number of sulfonamides is 1. The van der Waals surface area contributed by atoms with E-state index in [4.69, 9.17) is 4.74 Å². The molecule has 0 unspecified atom stereocenters. The highest BCUT2D eigenvalue weighted by Gasteiger charge is 2.29. The number of amides is 1. The van der Waals surface area contributed by atoms with Crippen molar-refractivity contribution >= 4 is 15.9 Å². The van der Waals surface area contributed by atoms with E-state index in [-0.39, 0.29) is 29.6 Å². The molecule has 2 atom stereocenters. The molecule has 26 heavy (non-hydrogen) atoms. The van der Waals surface area contributed by atoms with Crippen LogP contribution in [0.5, 0.6) is 0 Å². The Morgan fingerprint density at radius 2 is 1.92 bits per heavy atom. The molecule has 0 spiro atoms. The largest absolute Gasteiger partial charge is 0.379 e. The number of carbonyl (C=O) groups excluding carboxylic acids is 1. The molecular weight excluding hydrogens is 359 g/mol. The van der Waals surface area contributed by atoms with Gasteiger partial charge >= 0.3 is 0 Å². The number of morpholine rings is 1. The van der Waals surface area contributed by atoms with Crippen LogP contribution in [-0.2, 0) is 14.8 Å². The maximum atomic E-state index is 14.2. The van der Waals surface area contributed by atoms with Crippen LogP contribution in [0.2, 0.25) is 0 Å². The highest BCUT2D eigenvalue weighted by molar-refractivity contribution is 7.89.